The first kappa shape index (κ1) is 16.2. The van der Waals surface area contributed by atoms with Crippen molar-refractivity contribution in [3.8, 4) is 0 Å². The summed E-state index contributed by atoms with van der Waals surface area (Å²) in [6.45, 7) is 14.4. The molecular weight excluding hydrogens is 240 g/mol. The third-order valence-corrected chi connectivity index (χ3v) is 3.27. The number of hydrogen-bond donors (Lipinski definition) is 2. The number of guanidine groups is 1. The van der Waals surface area contributed by atoms with Gasteiger partial charge in [0.1, 0.15) is 0 Å². The monoisotopic (exact) mass is 270 g/mol. The van der Waals surface area contributed by atoms with Crippen LogP contribution in [0.3, 0.4) is 0 Å². The number of ether oxygens (including phenoxy) is 1. The van der Waals surface area contributed by atoms with Gasteiger partial charge in [-0.2, -0.15) is 0 Å². The van der Waals surface area contributed by atoms with Crippen molar-refractivity contribution in [3.05, 3.63) is 0 Å². The lowest BCUT2D eigenvalue weighted by atomic mass is 10.1. The van der Waals surface area contributed by atoms with Crippen molar-refractivity contribution in [2.24, 2.45) is 4.99 Å². The predicted molar refractivity (Wildman–Crippen MR) is 80.7 cm³/mol. The first-order chi connectivity index (χ1) is 8.83. The van der Waals surface area contributed by atoms with Gasteiger partial charge in [-0.05, 0) is 34.6 Å². The molecule has 1 heterocycles. The molecule has 2 N–H and O–H groups in total. The topological polar surface area (TPSA) is 48.9 Å². The van der Waals surface area contributed by atoms with Crippen molar-refractivity contribution in [2.45, 2.75) is 52.2 Å². The molecule has 19 heavy (non-hydrogen) atoms. The van der Waals surface area contributed by atoms with Crippen molar-refractivity contribution in [3.63, 3.8) is 0 Å². The maximum atomic E-state index is 5.48. The molecule has 2 unspecified atom stereocenters. The van der Waals surface area contributed by atoms with Crippen LogP contribution in [0.2, 0.25) is 0 Å². The highest BCUT2D eigenvalue weighted by molar-refractivity contribution is 5.80. The number of rotatable bonds is 3. The summed E-state index contributed by atoms with van der Waals surface area (Å²) in [7, 11) is 1.81. The summed E-state index contributed by atoms with van der Waals surface area (Å²) in [6.07, 6.45) is 0. The van der Waals surface area contributed by atoms with Gasteiger partial charge in [0.2, 0.25) is 0 Å². The molecule has 5 nitrogen and oxygen atoms in total. The van der Waals surface area contributed by atoms with Gasteiger partial charge in [0.05, 0.1) is 13.2 Å². The maximum absolute atomic E-state index is 5.48. The van der Waals surface area contributed by atoms with Crippen molar-refractivity contribution >= 4 is 5.96 Å². The van der Waals surface area contributed by atoms with E-state index < -0.39 is 0 Å². The van der Waals surface area contributed by atoms with Crippen LogP contribution in [0.15, 0.2) is 4.99 Å². The Morgan fingerprint density at radius 2 is 2.16 bits per heavy atom. The summed E-state index contributed by atoms with van der Waals surface area (Å²) >= 11 is 0. The van der Waals surface area contributed by atoms with Crippen LogP contribution in [-0.4, -0.2) is 61.8 Å². The number of hydrogen-bond acceptors (Lipinski definition) is 3. The molecule has 2 atom stereocenters. The summed E-state index contributed by atoms with van der Waals surface area (Å²) in [4.78, 5) is 6.75. The largest absolute Gasteiger partial charge is 0.379 e. The van der Waals surface area contributed by atoms with Crippen molar-refractivity contribution in [1.29, 1.82) is 0 Å². The molecule has 0 aromatic rings. The minimum atomic E-state index is 0.0251. The highest BCUT2D eigenvalue weighted by Gasteiger charge is 2.23. The van der Waals surface area contributed by atoms with E-state index in [1.165, 1.54) is 0 Å². The second kappa shape index (κ2) is 7.10. The molecule has 0 radical (unpaired) electrons. The molecule has 1 rings (SSSR count). The predicted octanol–water partition coefficient (Wildman–Crippen LogP) is 1.06. The molecule has 0 spiro atoms. The van der Waals surface area contributed by atoms with Gasteiger partial charge in [0, 0.05) is 37.8 Å². The lowest BCUT2D eigenvalue weighted by molar-refractivity contribution is -0.0174. The Hall–Kier alpha value is -0.810. The molecule has 0 aromatic carbocycles. The quantitative estimate of drug-likeness (QED) is 0.595. The second-order valence-corrected chi connectivity index (χ2v) is 6.34. The van der Waals surface area contributed by atoms with Crippen molar-refractivity contribution in [2.75, 3.05) is 33.4 Å². The second-order valence-electron chi connectivity index (χ2n) is 6.34. The Balaban J connectivity index is 2.41. The standard InChI is InChI=1S/C14H30N4O/c1-11(18-7-8-19-10-12(18)2)9-16-13(15-6)17-14(3,4)5/h11-12H,7-10H2,1-6H3,(H2,15,16,17). The molecule has 5 heteroatoms. The first-order valence-corrected chi connectivity index (χ1v) is 7.16. The van der Waals surface area contributed by atoms with E-state index in [0.717, 1.165) is 32.3 Å². The minimum Gasteiger partial charge on any atom is -0.379 e. The van der Waals surface area contributed by atoms with Gasteiger partial charge in [0.25, 0.3) is 0 Å². The van der Waals surface area contributed by atoms with E-state index in [2.05, 4.69) is 55.1 Å². The fourth-order valence-electron chi connectivity index (χ4n) is 2.29. The van der Waals surface area contributed by atoms with E-state index in [0.29, 0.717) is 12.1 Å². The highest BCUT2D eigenvalue weighted by Crippen LogP contribution is 2.10. The highest BCUT2D eigenvalue weighted by atomic mass is 16.5. The Morgan fingerprint density at radius 3 is 2.68 bits per heavy atom. The molecule has 1 aliphatic rings. The Kier molecular flexibility index (Phi) is 6.07. The van der Waals surface area contributed by atoms with E-state index in [4.69, 9.17) is 4.74 Å². The molecule has 1 saturated heterocycles. The van der Waals surface area contributed by atoms with Crippen molar-refractivity contribution in [1.82, 2.24) is 15.5 Å². The zero-order chi connectivity index (χ0) is 14.5. The summed E-state index contributed by atoms with van der Waals surface area (Å²) < 4.78 is 5.48. The summed E-state index contributed by atoms with van der Waals surface area (Å²) in [6, 6.07) is 0.959. The zero-order valence-electron chi connectivity index (χ0n) is 13.3. The molecule has 1 aliphatic heterocycles. The molecule has 0 saturated carbocycles. The smallest absolute Gasteiger partial charge is 0.191 e. The lowest BCUT2D eigenvalue weighted by Crippen LogP contribution is -2.54. The van der Waals surface area contributed by atoms with Crippen LogP contribution in [0.5, 0.6) is 0 Å². The lowest BCUT2D eigenvalue weighted by Gasteiger charge is -2.38. The molecular formula is C14H30N4O. The van der Waals surface area contributed by atoms with Crippen LogP contribution >= 0.6 is 0 Å². The first-order valence-electron chi connectivity index (χ1n) is 7.16. The van der Waals surface area contributed by atoms with E-state index in [-0.39, 0.29) is 5.54 Å². The molecule has 1 fully saturated rings. The van der Waals surface area contributed by atoms with Crippen LogP contribution in [0.4, 0.5) is 0 Å². The Labute approximate surface area is 117 Å². The molecule has 0 aromatic heterocycles. The fraction of sp³-hybridized carbons (Fsp3) is 0.929. The number of morpholine rings is 1. The van der Waals surface area contributed by atoms with Gasteiger partial charge < -0.3 is 15.4 Å². The van der Waals surface area contributed by atoms with Crippen molar-refractivity contribution < 1.29 is 4.74 Å². The third-order valence-electron chi connectivity index (χ3n) is 3.27. The van der Waals surface area contributed by atoms with Crippen LogP contribution in [0, 0.1) is 0 Å². The number of nitrogens with zero attached hydrogens (tertiary/aromatic N) is 2. The van der Waals surface area contributed by atoms with Crippen LogP contribution in [-0.2, 0) is 4.74 Å². The van der Waals surface area contributed by atoms with Gasteiger partial charge in [-0.3, -0.25) is 9.89 Å². The Bertz CT molecular complexity index is 298. The minimum absolute atomic E-state index is 0.0251. The average Bonchev–Trinajstić information content (AvgIpc) is 2.33. The SMILES string of the molecule is CN=C(NCC(C)N1CCOCC1C)NC(C)(C)C. The van der Waals surface area contributed by atoms with Gasteiger partial charge in [-0.25, -0.2) is 0 Å². The van der Waals surface area contributed by atoms with Crippen LogP contribution < -0.4 is 10.6 Å². The average molecular weight is 270 g/mol. The van der Waals surface area contributed by atoms with Crippen LogP contribution in [0.1, 0.15) is 34.6 Å². The fourth-order valence-corrected chi connectivity index (χ4v) is 2.29. The molecule has 0 bridgehead atoms. The van der Waals surface area contributed by atoms with E-state index in [1.807, 2.05) is 7.05 Å². The number of aliphatic imine (C=N–C) groups is 1. The molecule has 0 amide bonds. The van der Waals surface area contributed by atoms with Gasteiger partial charge >= 0.3 is 0 Å². The summed E-state index contributed by atoms with van der Waals surface area (Å²) in [5, 5.41) is 6.77. The van der Waals surface area contributed by atoms with Crippen LogP contribution in [0.25, 0.3) is 0 Å². The third kappa shape index (κ3) is 5.78. The summed E-state index contributed by atoms with van der Waals surface area (Å²) in [5.74, 6) is 0.861. The van der Waals surface area contributed by atoms with Gasteiger partial charge in [-0.15, -0.1) is 0 Å². The van der Waals surface area contributed by atoms with E-state index in [9.17, 15) is 0 Å². The van der Waals surface area contributed by atoms with E-state index in [1.54, 1.807) is 0 Å². The maximum Gasteiger partial charge on any atom is 0.191 e. The number of nitrogens with one attached hydrogen (secondary N) is 2. The molecule has 0 aliphatic carbocycles. The Morgan fingerprint density at radius 1 is 1.47 bits per heavy atom. The van der Waals surface area contributed by atoms with Gasteiger partial charge in [-0.1, -0.05) is 0 Å². The summed E-state index contributed by atoms with van der Waals surface area (Å²) in [5.41, 5.74) is 0.0251. The normalized spacial score (nSPS) is 24.1. The molecule has 112 valence electrons. The zero-order valence-corrected chi connectivity index (χ0v) is 13.3. The van der Waals surface area contributed by atoms with E-state index >= 15 is 0 Å². The van der Waals surface area contributed by atoms with Gasteiger partial charge in [0.15, 0.2) is 5.96 Å².